The lowest BCUT2D eigenvalue weighted by Crippen LogP contribution is -2.40. The summed E-state index contributed by atoms with van der Waals surface area (Å²) in [6.07, 6.45) is -4.69. The molecule has 4 nitrogen and oxygen atoms in total. The summed E-state index contributed by atoms with van der Waals surface area (Å²) in [5, 5.41) is 5.24. The Morgan fingerprint density at radius 2 is 1.95 bits per heavy atom. The van der Waals surface area contributed by atoms with E-state index in [4.69, 9.17) is 0 Å². The molecule has 1 aliphatic rings. The number of nitrogens with zero attached hydrogens (tertiary/aromatic N) is 1. The Morgan fingerprint density at radius 1 is 1.29 bits per heavy atom. The van der Waals surface area contributed by atoms with Gasteiger partial charge in [0.1, 0.15) is 5.82 Å². The average Bonchev–Trinajstić information content (AvgIpc) is 2.67. The highest BCUT2D eigenvalue weighted by Crippen LogP contribution is 2.33. The highest BCUT2D eigenvalue weighted by Gasteiger charge is 2.34. The lowest BCUT2D eigenvalue weighted by molar-refractivity contribution is -0.138. The second-order valence-corrected chi connectivity index (χ2v) is 4.94. The average molecular weight is 303 g/mol. The number of carbonyl (C=O) groups is 1. The minimum absolute atomic E-state index is 0.0129. The van der Waals surface area contributed by atoms with E-state index in [0.717, 1.165) is 12.1 Å². The Labute approximate surface area is 118 Å². The first-order valence-electron chi connectivity index (χ1n) is 6.19. The molecule has 0 radical (unpaired) electrons. The third-order valence-corrected chi connectivity index (χ3v) is 2.74. The van der Waals surface area contributed by atoms with E-state index in [9.17, 15) is 22.4 Å². The number of amides is 1. The summed E-state index contributed by atoms with van der Waals surface area (Å²) in [7, 11) is 0. The van der Waals surface area contributed by atoms with Crippen molar-refractivity contribution in [3.05, 3.63) is 35.1 Å². The highest BCUT2D eigenvalue weighted by atomic mass is 19.4. The van der Waals surface area contributed by atoms with Crippen LogP contribution in [-0.2, 0) is 11.0 Å². The molecule has 21 heavy (non-hydrogen) atoms. The normalized spacial score (nSPS) is 18.7. The van der Waals surface area contributed by atoms with Crippen molar-refractivity contribution in [2.45, 2.75) is 32.1 Å². The van der Waals surface area contributed by atoms with E-state index in [0.29, 0.717) is 6.07 Å². The van der Waals surface area contributed by atoms with Gasteiger partial charge in [0.2, 0.25) is 0 Å². The standard InChI is InChI=1S/C13H13F4N3O/c1-6(2)18-12-19-10(11(21)20-12)7-3-8(13(15,16)17)5-9(14)4-7/h3-6,10H,1-2H3,(H2,18,19,20,21). The molecule has 0 saturated carbocycles. The molecule has 2 N–H and O–H groups in total. The van der Waals surface area contributed by atoms with Crippen LogP contribution in [0, 0.1) is 5.82 Å². The van der Waals surface area contributed by atoms with Crippen molar-refractivity contribution in [2.75, 3.05) is 0 Å². The third kappa shape index (κ3) is 3.50. The molecule has 1 unspecified atom stereocenters. The number of hydrogen-bond acceptors (Lipinski definition) is 3. The van der Waals surface area contributed by atoms with Crippen LogP contribution >= 0.6 is 0 Å². The van der Waals surface area contributed by atoms with E-state index in [1.807, 2.05) is 13.8 Å². The van der Waals surface area contributed by atoms with Gasteiger partial charge in [0.05, 0.1) is 5.56 Å². The van der Waals surface area contributed by atoms with Crippen LogP contribution in [0.1, 0.15) is 31.0 Å². The van der Waals surface area contributed by atoms with Crippen LogP contribution < -0.4 is 10.6 Å². The summed E-state index contributed by atoms with van der Waals surface area (Å²) in [4.78, 5) is 15.7. The molecule has 0 fully saturated rings. The van der Waals surface area contributed by atoms with Gasteiger partial charge < -0.3 is 5.32 Å². The summed E-state index contributed by atoms with van der Waals surface area (Å²) in [6.45, 7) is 3.62. The van der Waals surface area contributed by atoms with Gasteiger partial charge in [-0.2, -0.15) is 13.2 Å². The van der Waals surface area contributed by atoms with E-state index < -0.39 is 29.5 Å². The number of nitrogens with one attached hydrogen (secondary N) is 2. The van der Waals surface area contributed by atoms with E-state index in [1.54, 1.807) is 0 Å². The number of alkyl halides is 3. The fourth-order valence-corrected chi connectivity index (χ4v) is 1.91. The first-order valence-corrected chi connectivity index (χ1v) is 6.19. The summed E-state index contributed by atoms with van der Waals surface area (Å²) >= 11 is 0. The van der Waals surface area contributed by atoms with E-state index in [-0.39, 0.29) is 17.6 Å². The Balaban J connectivity index is 2.36. The van der Waals surface area contributed by atoms with Crippen molar-refractivity contribution < 1.29 is 22.4 Å². The molecule has 0 aliphatic carbocycles. The Morgan fingerprint density at radius 3 is 2.52 bits per heavy atom. The summed E-state index contributed by atoms with van der Waals surface area (Å²) in [6, 6.07) is 0.785. The van der Waals surface area contributed by atoms with Crippen LogP contribution in [-0.4, -0.2) is 17.9 Å². The Bertz CT molecular complexity index is 596. The lowest BCUT2D eigenvalue weighted by Gasteiger charge is -2.11. The molecule has 0 aromatic heterocycles. The van der Waals surface area contributed by atoms with Crippen molar-refractivity contribution in [3.8, 4) is 0 Å². The van der Waals surface area contributed by atoms with E-state index >= 15 is 0 Å². The van der Waals surface area contributed by atoms with Crippen LogP contribution in [0.3, 0.4) is 0 Å². The molecule has 114 valence electrons. The molecular weight excluding hydrogens is 290 g/mol. The number of carbonyl (C=O) groups excluding carboxylic acids is 1. The third-order valence-electron chi connectivity index (χ3n) is 2.74. The second kappa shape index (κ2) is 5.34. The van der Waals surface area contributed by atoms with Gasteiger partial charge in [0, 0.05) is 6.04 Å². The minimum atomic E-state index is -4.69. The summed E-state index contributed by atoms with van der Waals surface area (Å²) < 4.78 is 51.3. The molecule has 1 heterocycles. The maximum Gasteiger partial charge on any atom is 0.416 e. The maximum absolute atomic E-state index is 13.3. The molecule has 0 saturated heterocycles. The van der Waals surface area contributed by atoms with Gasteiger partial charge in [-0.3, -0.25) is 10.1 Å². The number of rotatable bonds is 2. The fraction of sp³-hybridized carbons (Fsp3) is 0.385. The molecular formula is C13H13F4N3O. The van der Waals surface area contributed by atoms with E-state index in [1.165, 1.54) is 0 Å². The Kier molecular flexibility index (Phi) is 3.89. The number of aliphatic imine (C=N–C) groups is 1. The van der Waals surface area contributed by atoms with Crippen molar-refractivity contribution in [1.29, 1.82) is 0 Å². The first kappa shape index (κ1) is 15.3. The van der Waals surface area contributed by atoms with Gasteiger partial charge in [-0.15, -0.1) is 0 Å². The molecule has 8 heteroatoms. The molecule has 0 bridgehead atoms. The Hall–Kier alpha value is -2.12. The second-order valence-electron chi connectivity index (χ2n) is 4.94. The van der Waals surface area contributed by atoms with Crippen LogP contribution in [0.25, 0.3) is 0 Å². The topological polar surface area (TPSA) is 53.5 Å². The van der Waals surface area contributed by atoms with Crippen LogP contribution in [0.2, 0.25) is 0 Å². The smallest absolute Gasteiger partial charge is 0.354 e. The highest BCUT2D eigenvalue weighted by molar-refractivity contribution is 6.05. The zero-order valence-corrected chi connectivity index (χ0v) is 11.3. The lowest BCUT2D eigenvalue weighted by atomic mass is 10.0. The molecule has 1 aliphatic heterocycles. The van der Waals surface area contributed by atoms with Crippen molar-refractivity contribution in [1.82, 2.24) is 10.6 Å². The largest absolute Gasteiger partial charge is 0.416 e. The summed E-state index contributed by atoms with van der Waals surface area (Å²) in [5.74, 6) is -1.50. The van der Waals surface area contributed by atoms with Gasteiger partial charge in [0.15, 0.2) is 12.0 Å². The number of hydrogen-bond donors (Lipinski definition) is 2. The van der Waals surface area contributed by atoms with E-state index in [2.05, 4.69) is 15.6 Å². The van der Waals surface area contributed by atoms with Crippen molar-refractivity contribution in [3.63, 3.8) is 0 Å². The maximum atomic E-state index is 13.3. The SMILES string of the molecule is CC(C)NC1=NC(c2cc(F)cc(C(F)(F)F)c2)C(=O)N1. The van der Waals surface area contributed by atoms with Gasteiger partial charge in [-0.1, -0.05) is 0 Å². The van der Waals surface area contributed by atoms with Gasteiger partial charge in [0.25, 0.3) is 5.91 Å². The van der Waals surface area contributed by atoms with Crippen LogP contribution in [0.15, 0.2) is 23.2 Å². The van der Waals surface area contributed by atoms with Crippen LogP contribution in [0.4, 0.5) is 17.6 Å². The van der Waals surface area contributed by atoms with Crippen molar-refractivity contribution >= 4 is 11.9 Å². The van der Waals surface area contributed by atoms with Gasteiger partial charge >= 0.3 is 6.18 Å². The fourth-order valence-electron chi connectivity index (χ4n) is 1.91. The zero-order valence-electron chi connectivity index (χ0n) is 11.3. The molecule has 1 amide bonds. The molecule has 0 spiro atoms. The molecule has 1 atom stereocenters. The first-order chi connectivity index (χ1) is 9.66. The van der Waals surface area contributed by atoms with Gasteiger partial charge in [-0.25, -0.2) is 9.38 Å². The summed E-state index contributed by atoms with van der Waals surface area (Å²) in [5.41, 5.74) is -1.29. The molecule has 1 aromatic rings. The predicted octanol–water partition coefficient (Wildman–Crippen LogP) is 2.37. The molecule has 1 aromatic carbocycles. The zero-order chi connectivity index (χ0) is 15.8. The van der Waals surface area contributed by atoms with Crippen LogP contribution in [0.5, 0.6) is 0 Å². The van der Waals surface area contributed by atoms with Crippen molar-refractivity contribution in [2.24, 2.45) is 4.99 Å². The number of halogens is 4. The molecule has 2 rings (SSSR count). The number of benzene rings is 1. The quantitative estimate of drug-likeness (QED) is 0.824. The predicted molar refractivity (Wildman–Crippen MR) is 68.0 cm³/mol. The number of guanidine groups is 1. The monoisotopic (exact) mass is 303 g/mol. The van der Waals surface area contributed by atoms with Gasteiger partial charge in [-0.05, 0) is 37.6 Å². The minimum Gasteiger partial charge on any atom is -0.354 e.